The predicted molar refractivity (Wildman–Crippen MR) is 125 cm³/mol. The maximum Gasteiger partial charge on any atom is 0.234 e. The molecule has 1 heterocycles. The maximum absolute atomic E-state index is 12.5. The number of hydrogen-bond donors (Lipinski definition) is 2. The molecule has 2 aromatic carbocycles. The number of halogens is 1. The molecule has 3 N–H and O–H groups in total. The van der Waals surface area contributed by atoms with E-state index in [1.807, 2.05) is 19.1 Å². The Kier molecular flexibility index (Phi) is 7.59. The van der Waals surface area contributed by atoms with Gasteiger partial charge in [0.15, 0.2) is 5.16 Å². The first-order chi connectivity index (χ1) is 14.9. The Morgan fingerprint density at radius 2 is 1.87 bits per heavy atom. The van der Waals surface area contributed by atoms with Crippen molar-refractivity contribution in [2.75, 3.05) is 31.0 Å². The Morgan fingerprint density at radius 3 is 2.52 bits per heavy atom. The number of benzene rings is 2. The molecule has 1 amide bonds. The zero-order valence-corrected chi connectivity index (χ0v) is 19.0. The van der Waals surface area contributed by atoms with E-state index in [9.17, 15) is 4.79 Å². The molecular weight excluding hydrogens is 436 g/mol. The van der Waals surface area contributed by atoms with Crippen LogP contribution in [0.3, 0.4) is 0 Å². The molecule has 0 fully saturated rings. The van der Waals surface area contributed by atoms with Crippen molar-refractivity contribution in [2.45, 2.75) is 18.5 Å². The fourth-order valence-corrected chi connectivity index (χ4v) is 3.78. The number of ether oxygens (including phenoxy) is 2. The summed E-state index contributed by atoms with van der Waals surface area (Å²) in [5, 5.41) is 3.92. The summed E-state index contributed by atoms with van der Waals surface area (Å²) in [4.78, 5) is 21.5. The average Bonchev–Trinajstić information content (AvgIpc) is 2.78. The van der Waals surface area contributed by atoms with Crippen molar-refractivity contribution in [3.05, 3.63) is 53.2 Å². The Labute approximate surface area is 190 Å². The lowest BCUT2D eigenvalue weighted by molar-refractivity contribution is -0.113. The fourth-order valence-electron chi connectivity index (χ4n) is 2.98. The summed E-state index contributed by atoms with van der Waals surface area (Å²) in [6.07, 6.45) is 0.672. The van der Waals surface area contributed by atoms with Crippen LogP contribution >= 0.6 is 23.4 Å². The van der Waals surface area contributed by atoms with Crippen LogP contribution in [0.25, 0.3) is 11.1 Å². The molecule has 0 radical (unpaired) electrons. The molecule has 31 heavy (non-hydrogen) atoms. The van der Waals surface area contributed by atoms with Crippen molar-refractivity contribution in [1.82, 2.24) is 9.97 Å². The molecule has 0 spiro atoms. The van der Waals surface area contributed by atoms with E-state index in [1.165, 1.54) is 18.9 Å². The number of aryl methyl sites for hydroxylation is 1. The number of hydrogen-bond acceptors (Lipinski definition) is 7. The first kappa shape index (κ1) is 22.7. The highest BCUT2D eigenvalue weighted by Crippen LogP contribution is 2.32. The van der Waals surface area contributed by atoms with Gasteiger partial charge in [0.1, 0.15) is 17.3 Å². The lowest BCUT2D eigenvalue weighted by Gasteiger charge is -2.13. The fraction of sp³-hybridized carbons (Fsp3) is 0.227. The quantitative estimate of drug-likeness (QED) is 0.373. The van der Waals surface area contributed by atoms with Crippen LogP contribution in [-0.2, 0) is 11.2 Å². The number of thioether (sulfide) groups is 1. The van der Waals surface area contributed by atoms with Crippen LogP contribution in [0.15, 0.2) is 47.6 Å². The van der Waals surface area contributed by atoms with E-state index in [2.05, 4.69) is 15.3 Å². The lowest BCUT2D eigenvalue weighted by atomic mass is 10.0. The SMILES string of the molecule is CCc1nc(SCC(=O)Nc2cc(OC)ccc2OC)nc(N)c1-c1ccc(Cl)cc1. The maximum atomic E-state index is 12.5. The number of nitrogens with one attached hydrogen (secondary N) is 1. The third kappa shape index (κ3) is 5.59. The second-order valence-corrected chi connectivity index (χ2v) is 7.86. The average molecular weight is 459 g/mol. The summed E-state index contributed by atoms with van der Waals surface area (Å²) in [5.41, 5.74) is 9.27. The summed E-state index contributed by atoms with van der Waals surface area (Å²) in [7, 11) is 3.10. The van der Waals surface area contributed by atoms with Crippen LogP contribution in [0.2, 0.25) is 5.02 Å². The molecule has 0 aliphatic carbocycles. The summed E-state index contributed by atoms with van der Waals surface area (Å²) < 4.78 is 10.5. The highest BCUT2D eigenvalue weighted by Gasteiger charge is 2.15. The van der Waals surface area contributed by atoms with Gasteiger partial charge in [-0.1, -0.05) is 42.4 Å². The highest BCUT2D eigenvalue weighted by molar-refractivity contribution is 7.99. The largest absolute Gasteiger partial charge is 0.497 e. The first-order valence-electron chi connectivity index (χ1n) is 9.52. The van der Waals surface area contributed by atoms with Crippen molar-refractivity contribution in [3.8, 4) is 22.6 Å². The van der Waals surface area contributed by atoms with E-state index in [0.717, 1.165) is 16.8 Å². The van der Waals surface area contributed by atoms with Gasteiger partial charge < -0.3 is 20.5 Å². The Bertz CT molecular complexity index is 1080. The van der Waals surface area contributed by atoms with Gasteiger partial charge in [-0.15, -0.1) is 0 Å². The van der Waals surface area contributed by atoms with Crippen LogP contribution in [0.5, 0.6) is 11.5 Å². The normalized spacial score (nSPS) is 10.6. The van der Waals surface area contributed by atoms with Gasteiger partial charge in [0, 0.05) is 16.7 Å². The number of carbonyl (C=O) groups is 1. The molecule has 9 heteroatoms. The Balaban J connectivity index is 1.74. The number of amides is 1. The zero-order valence-electron chi connectivity index (χ0n) is 17.4. The number of anilines is 2. The monoisotopic (exact) mass is 458 g/mol. The van der Waals surface area contributed by atoms with Crippen LogP contribution < -0.4 is 20.5 Å². The second kappa shape index (κ2) is 10.4. The molecule has 3 aromatic rings. The number of methoxy groups -OCH3 is 2. The minimum atomic E-state index is -0.224. The zero-order chi connectivity index (χ0) is 22.4. The lowest BCUT2D eigenvalue weighted by Crippen LogP contribution is -2.15. The smallest absolute Gasteiger partial charge is 0.234 e. The van der Waals surface area contributed by atoms with Gasteiger partial charge in [0.2, 0.25) is 5.91 Å². The van der Waals surface area contributed by atoms with Crippen LogP contribution in [0.4, 0.5) is 11.5 Å². The molecule has 0 bridgehead atoms. The number of rotatable bonds is 8. The Morgan fingerprint density at radius 1 is 1.13 bits per heavy atom. The summed E-state index contributed by atoms with van der Waals surface area (Å²) in [6.45, 7) is 2.00. The van der Waals surface area contributed by atoms with Crippen LogP contribution in [0.1, 0.15) is 12.6 Å². The number of aromatic nitrogens is 2. The van der Waals surface area contributed by atoms with Gasteiger partial charge in [-0.05, 0) is 36.2 Å². The first-order valence-corrected chi connectivity index (χ1v) is 10.9. The topological polar surface area (TPSA) is 99.4 Å². The number of carbonyl (C=O) groups excluding carboxylic acids is 1. The molecule has 1 aromatic heterocycles. The minimum absolute atomic E-state index is 0.114. The molecule has 0 atom stereocenters. The molecule has 0 aliphatic heterocycles. The number of nitrogens with two attached hydrogens (primary N) is 1. The van der Waals surface area contributed by atoms with Gasteiger partial charge in [0.25, 0.3) is 0 Å². The summed E-state index contributed by atoms with van der Waals surface area (Å²) in [5.74, 6) is 1.42. The third-order valence-corrected chi connectivity index (χ3v) is 5.57. The van der Waals surface area contributed by atoms with Gasteiger partial charge in [0.05, 0.1) is 31.4 Å². The van der Waals surface area contributed by atoms with Crippen molar-refractivity contribution in [1.29, 1.82) is 0 Å². The van der Waals surface area contributed by atoms with E-state index in [0.29, 0.717) is 39.6 Å². The highest BCUT2D eigenvalue weighted by atomic mass is 35.5. The van der Waals surface area contributed by atoms with Gasteiger partial charge in [-0.3, -0.25) is 4.79 Å². The predicted octanol–water partition coefficient (Wildman–Crippen LogP) is 4.69. The molecule has 0 aliphatic rings. The summed E-state index contributed by atoms with van der Waals surface area (Å²) in [6, 6.07) is 12.6. The van der Waals surface area contributed by atoms with Crippen LogP contribution in [0, 0.1) is 0 Å². The molecule has 7 nitrogen and oxygen atoms in total. The van der Waals surface area contributed by atoms with E-state index in [4.69, 9.17) is 26.8 Å². The van der Waals surface area contributed by atoms with E-state index < -0.39 is 0 Å². The standard InChI is InChI=1S/C22H23ClN4O3S/c1-4-16-20(13-5-7-14(23)8-6-13)21(24)27-22(26-16)31-12-19(28)25-17-11-15(29-2)9-10-18(17)30-3/h5-11H,4,12H2,1-3H3,(H,25,28)(H2,24,26,27). The van der Waals surface area contributed by atoms with Crippen molar-refractivity contribution < 1.29 is 14.3 Å². The number of nitrogens with zero attached hydrogens (tertiary/aromatic N) is 2. The molecule has 0 unspecified atom stereocenters. The van der Waals surface area contributed by atoms with E-state index in [1.54, 1.807) is 37.4 Å². The third-order valence-electron chi connectivity index (χ3n) is 4.47. The number of nitrogen functional groups attached to an aromatic ring is 1. The van der Waals surface area contributed by atoms with Crippen LogP contribution in [-0.4, -0.2) is 35.8 Å². The van der Waals surface area contributed by atoms with E-state index in [-0.39, 0.29) is 11.7 Å². The Hall–Kier alpha value is -2.97. The van der Waals surface area contributed by atoms with Crippen molar-refractivity contribution in [2.24, 2.45) is 0 Å². The molecule has 162 valence electrons. The van der Waals surface area contributed by atoms with Gasteiger partial charge >= 0.3 is 0 Å². The molecule has 3 rings (SSSR count). The van der Waals surface area contributed by atoms with Crippen molar-refractivity contribution in [3.63, 3.8) is 0 Å². The molecular formula is C22H23ClN4O3S. The van der Waals surface area contributed by atoms with Crippen molar-refractivity contribution >= 4 is 40.8 Å². The van der Waals surface area contributed by atoms with Gasteiger partial charge in [-0.2, -0.15) is 0 Å². The second-order valence-electron chi connectivity index (χ2n) is 6.48. The summed E-state index contributed by atoms with van der Waals surface area (Å²) >= 11 is 7.20. The van der Waals surface area contributed by atoms with E-state index >= 15 is 0 Å². The molecule has 0 saturated carbocycles. The van der Waals surface area contributed by atoms with Gasteiger partial charge in [-0.25, -0.2) is 9.97 Å². The molecule has 0 saturated heterocycles. The minimum Gasteiger partial charge on any atom is -0.497 e.